The van der Waals surface area contributed by atoms with Crippen LogP contribution in [0.4, 0.5) is 10.1 Å². The molecule has 3 N–H and O–H groups in total. The Labute approximate surface area is 190 Å². The molecule has 2 aromatic heterocycles. The third kappa shape index (κ3) is 4.50. The fourth-order valence-electron chi connectivity index (χ4n) is 2.88. The van der Waals surface area contributed by atoms with E-state index in [-0.39, 0.29) is 10.8 Å². The number of rotatable bonds is 7. The van der Waals surface area contributed by atoms with Crippen molar-refractivity contribution in [1.29, 1.82) is 0 Å². The number of carbonyl (C=O) groups excluding carboxylic acids is 2. The topological polar surface area (TPSA) is 165 Å². The fraction of sp³-hybridized carbons (Fsp3) is 0.0556. The van der Waals surface area contributed by atoms with Gasteiger partial charge in [0.2, 0.25) is 5.91 Å². The molecule has 3 aromatic rings. The van der Waals surface area contributed by atoms with E-state index in [2.05, 4.69) is 19.7 Å². The van der Waals surface area contributed by atoms with Gasteiger partial charge in [-0.25, -0.2) is 25.9 Å². The lowest BCUT2D eigenvalue weighted by atomic mass is 10.1. The number of nitrogens with zero attached hydrogens (tertiary/aromatic N) is 1. The van der Waals surface area contributed by atoms with Crippen LogP contribution in [0.2, 0.25) is 0 Å². The van der Waals surface area contributed by atoms with Crippen LogP contribution in [0.5, 0.6) is 0 Å². The SMILES string of the molecule is O=C(C=Cc1c(NS(=O)(=O)c2cccs2)cc2c(c1F)C(=O)NS2(=O)=O)NCc1ccon1. The summed E-state index contributed by atoms with van der Waals surface area (Å²) in [4.78, 5) is 23.4. The van der Waals surface area contributed by atoms with Crippen LogP contribution >= 0.6 is 11.3 Å². The predicted molar refractivity (Wildman–Crippen MR) is 114 cm³/mol. The molecule has 0 saturated carbocycles. The smallest absolute Gasteiger partial charge is 0.271 e. The molecular formula is C18H13FN4O7S3. The molecule has 3 heterocycles. The van der Waals surface area contributed by atoms with E-state index in [1.165, 1.54) is 29.8 Å². The summed E-state index contributed by atoms with van der Waals surface area (Å²) in [5, 5.41) is 7.57. The summed E-state index contributed by atoms with van der Waals surface area (Å²) < 4.78 is 73.2. The van der Waals surface area contributed by atoms with Crippen molar-refractivity contribution in [3.8, 4) is 0 Å². The van der Waals surface area contributed by atoms with Gasteiger partial charge in [-0.3, -0.25) is 14.3 Å². The van der Waals surface area contributed by atoms with Crippen LogP contribution in [0.15, 0.2) is 55.6 Å². The second-order valence-electron chi connectivity index (χ2n) is 6.54. The highest BCUT2D eigenvalue weighted by molar-refractivity contribution is 7.94. The first-order chi connectivity index (χ1) is 15.6. The molecule has 15 heteroatoms. The van der Waals surface area contributed by atoms with E-state index in [0.29, 0.717) is 5.69 Å². The van der Waals surface area contributed by atoms with Gasteiger partial charge >= 0.3 is 0 Å². The van der Waals surface area contributed by atoms with Crippen LogP contribution in [0.3, 0.4) is 0 Å². The summed E-state index contributed by atoms with van der Waals surface area (Å²) in [5.74, 6) is -3.21. The highest BCUT2D eigenvalue weighted by Gasteiger charge is 2.38. The van der Waals surface area contributed by atoms with Crippen molar-refractivity contribution in [2.75, 3.05) is 4.72 Å². The first-order valence-corrected chi connectivity index (χ1v) is 12.8. The molecule has 0 unspecified atom stereocenters. The summed E-state index contributed by atoms with van der Waals surface area (Å²) in [6.45, 7) is 0.00482. The lowest BCUT2D eigenvalue weighted by Gasteiger charge is -2.12. The quantitative estimate of drug-likeness (QED) is 0.400. The molecule has 172 valence electrons. The van der Waals surface area contributed by atoms with Crippen molar-refractivity contribution >= 4 is 55.0 Å². The van der Waals surface area contributed by atoms with Crippen molar-refractivity contribution in [2.24, 2.45) is 0 Å². The maximum atomic E-state index is 15.2. The Balaban J connectivity index is 1.73. The van der Waals surface area contributed by atoms with E-state index in [0.717, 1.165) is 29.6 Å². The van der Waals surface area contributed by atoms with Gasteiger partial charge in [-0.15, -0.1) is 11.3 Å². The number of fused-ring (bicyclic) bond motifs is 1. The number of halogens is 1. The molecule has 33 heavy (non-hydrogen) atoms. The Bertz CT molecular complexity index is 1480. The zero-order valence-electron chi connectivity index (χ0n) is 16.2. The van der Waals surface area contributed by atoms with E-state index < -0.39 is 59.4 Å². The second-order valence-corrected chi connectivity index (χ2v) is 11.0. The molecule has 4 rings (SSSR count). The van der Waals surface area contributed by atoms with Crippen LogP contribution in [0.25, 0.3) is 6.08 Å². The number of aromatic nitrogens is 1. The molecule has 1 aromatic carbocycles. The molecule has 0 atom stereocenters. The zero-order valence-corrected chi connectivity index (χ0v) is 18.7. The van der Waals surface area contributed by atoms with E-state index in [9.17, 15) is 26.4 Å². The molecule has 1 aliphatic heterocycles. The van der Waals surface area contributed by atoms with Crippen molar-refractivity contribution in [3.05, 3.63) is 64.6 Å². The normalized spacial score (nSPS) is 14.8. The second kappa shape index (κ2) is 8.42. The number of thiophene rings is 1. The number of benzene rings is 1. The minimum atomic E-state index is -4.38. The van der Waals surface area contributed by atoms with E-state index in [1.54, 1.807) is 4.72 Å². The molecule has 0 bridgehead atoms. The van der Waals surface area contributed by atoms with E-state index in [4.69, 9.17) is 0 Å². The van der Waals surface area contributed by atoms with Gasteiger partial charge in [0, 0.05) is 17.7 Å². The maximum Gasteiger partial charge on any atom is 0.271 e. The van der Waals surface area contributed by atoms with Crippen LogP contribution in [0.1, 0.15) is 21.6 Å². The zero-order chi connectivity index (χ0) is 23.8. The van der Waals surface area contributed by atoms with E-state index >= 15 is 4.39 Å². The van der Waals surface area contributed by atoms with Crippen molar-refractivity contribution < 1.29 is 35.3 Å². The van der Waals surface area contributed by atoms with Gasteiger partial charge < -0.3 is 9.84 Å². The number of hydrogen-bond acceptors (Lipinski definition) is 9. The standard InChI is InChI=1S/C18H13FN4O7S3/c19-17-11(3-4-14(24)20-9-10-5-6-30-21-10)12(22-33(28,29)15-2-1-7-31-15)8-13-16(17)18(25)23-32(13,26)27/h1-8,22H,9H2,(H,20,24)(H,23,25). The summed E-state index contributed by atoms with van der Waals surface area (Å²) in [7, 11) is -8.59. The number of sulfonamides is 2. The summed E-state index contributed by atoms with van der Waals surface area (Å²) in [6.07, 6.45) is 3.13. The average Bonchev–Trinajstić information content (AvgIpc) is 3.48. The van der Waals surface area contributed by atoms with Gasteiger partial charge in [-0.1, -0.05) is 11.2 Å². The van der Waals surface area contributed by atoms with Crippen molar-refractivity contribution in [2.45, 2.75) is 15.6 Å². The van der Waals surface area contributed by atoms with Crippen molar-refractivity contribution in [3.63, 3.8) is 0 Å². The van der Waals surface area contributed by atoms with E-state index in [1.807, 2.05) is 0 Å². The number of hydrogen-bond donors (Lipinski definition) is 3. The molecule has 0 spiro atoms. The fourth-order valence-corrected chi connectivity index (χ4v) is 6.12. The first-order valence-electron chi connectivity index (χ1n) is 8.93. The van der Waals surface area contributed by atoms with Gasteiger partial charge in [0.05, 0.1) is 17.8 Å². The minimum Gasteiger partial charge on any atom is -0.364 e. The Morgan fingerprint density at radius 2 is 2.12 bits per heavy atom. The molecule has 0 aliphatic carbocycles. The molecule has 0 radical (unpaired) electrons. The van der Waals surface area contributed by atoms with Crippen molar-refractivity contribution in [1.82, 2.24) is 15.2 Å². The van der Waals surface area contributed by atoms with Gasteiger partial charge in [0.1, 0.15) is 26.9 Å². The summed E-state index contributed by atoms with van der Waals surface area (Å²) in [6, 6.07) is 5.12. The van der Waals surface area contributed by atoms with Gasteiger partial charge in [0.25, 0.3) is 26.0 Å². The third-order valence-corrected chi connectivity index (χ3v) is 8.47. The van der Waals surface area contributed by atoms with Crippen LogP contribution in [0, 0.1) is 5.82 Å². The number of anilines is 1. The average molecular weight is 513 g/mol. The lowest BCUT2D eigenvalue weighted by molar-refractivity contribution is -0.116. The number of carbonyl (C=O) groups is 2. The molecule has 1 aliphatic rings. The van der Waals surface area contributed by atoms with Gasteiger partial charge in [-0.2, -0.15) is 0 Å². The highest BCUT2D eigenvalue weighted by atomic mass is 32.2. The minimum absolute atomic E-state index is 0.00482. The molecule has 2 amide bonds. The summed E-state index contributed by atoms with van der Waals surface area (Å²) >= 11 is 0.884. The molecule has 0 fully saturated rings. The van der Waals surface area contributed by atoms with Crippen LogP contribution < -0.4 is 14.8 Å². The summed E-state index contributed by atoms with van der Waals surface area (Å²) in [5.41, 5.74) is -1.33. The molecule has 0 saturated heterocycles. The monoisotopic (exact) mass is 512 g/mol. The third-order valence-electron chi connectivity index (χ3n) is 4.35. The highest BCUT2D eigenvalue weighted by Crippen LogP contribution is 2.34. The lowest BCUT2D eigenvalue weighted by Crippen LogP contribution is -2.21. The van der Waals surface area contributed by atoms with Gasteiger partial charge in [0.15, 0.2) is 0 Å². The van der Waals surface area contributed by atoms with Crippen LogP contribution in [-0.2, 0) is 31.4 Å². The first kappa shape index (κ1) is 22.6. The Morgan fingerprint density at radius 3 is 2.79 bits per heavy atom. The molecular weight excluding hydrogens is 499 g/mol. The Kier molecular flexibility index (Phi) is 5.77. The molecule has 11 nitrogen and oxygen atoms in total. The number of nitrogens with one attached hydrogen (secondary N) is 3. The van der Waals surface area contributed by atoms with Crippen LogP contribution in [-0.4, -0.2) is 33.8 Å². The predicted octanol–water partition coefficient (Wildman–Crippen LogP) is 1.44. The Morgan fingerprint density at radius 1 is 1.33 bits per heavy atom. The largest absolute Gasteiger partial charge is 0.364 e. The Hall–Kier alpha value is -3.56. The maximum absolute atomic E-state index is 15.2. The number of amides is 2. The van der Waals surface area contributed by atoms with Gasteiger partial charge in [-0.05, 0) is 23.6 Å².